The number of aromatic amines is 1. The minimum absolute atomic E-state index is 0.0647. The van der Waals surface area contributed by atoms with E-state index in [1.54, 1.807) is 0 Å². The average Bonchev–Trinajstić information content (AvgIpc) is 3.15. The maximum Gasteiger partial charge on any atom is 0.276 e. The zero-order valence-electron chi connectivity index (χ0n) is 14.1. The van der Waals surface area contributed by atoms with Crippen molar-refractivity contribution in [3.05, 3.63) is 11.8 Å². The number of aromatic nitrogens is 2. The number of thiazole rings is 1. The molecule has 1 aliphatic carbocycles. The Morgan fingerprint density at radius 3 is 3.00 bits per heavy atom. The summed E-state index contributed by atoms with van der Waals surface area (Å²) in [6.07, 6.45) is 5.88. The van der Waals surface area contributed by atoms with Crippen LogP contribution in [0, 0.1) is 0 Å². The Kier molecular flexibility index (Phi) is 4.13. The lowest BCUT2D eigenvalue weighted by Crippen LogP contribution is -2.49. The number of fused-ring (bicyclic) bond motifs is 1. The molecule has 130 valence electrons. The van der Waals surface area contributed by atoms with Crippen molar-refractivity contribution in [2.45, 2.75) is 57.1 Å². The molecule has 3 N–H and O–H groups in total. The van der Waals surface area contributed by atoms with E-state index in [4.69, 9.17) is 4.74 Å². The number of rotatable bonds is 4. The SMILES string of the molecule is C[Si]1(C)CCCC(NC(=O)c2cc3sc(OC4CC4)nc3[nH]2)NC1. The summed E-state index contributed by atoms with van der Waals surface area (Å²) in [7, 11) is -1.14. The molecule has 0 spiro atoms. The van der Waals surface area contributed by atoms with Gasteiger partial charge < -0.3 is 20.4 Å². The number of hydrogen-bond donors (Lipinski definition) is 3. The van der Waals surface area contributed by atoms with Gasteiger partial charge in [-0.25, -0.2) is 0 Å². The molecule has 1 aliphatic heterocycles. The van der Waals surface area contributed by atoms with E-state index in [-0.39, 0.29) is 12.1 Å². The molecule has 1 saturated heterocycles. The molecule has 2 aromatic heterocycles. The third-order valence-corrected chi connectivity index (χ3v) is 8.44. The molecule has 1 unspecified atom stereocenters. The Balaban J connectivity index is 1.40. The zero-order valence-corrected chi connectivity index (χ0v) is 16.0. The minimum atomic E-state index is -1.14. The summed E-state index contributed by atoms with van der Waals surface area (Å²) < 4.78 is 6.68. The van der Waals surface area contributed by atoms with E-state index in [1.165, 1.54) is 23.8 Å². The lowest BCUT2D eigenvalue weighted by molar-refractivity contribution is 0.0924. The predicted molar refractivity (Wildman–Crippen MR) is 98.4 cm³/mol. The number of nitrogens with one attached hydrogen (secondary N) is 3. The maximum atomic E-state index is 12.5. The monoisotopic (exact) mass is 364 g/mol. The lowest BCUT2D eigenvalue weighted by Gasteiger charge is -2.21. The van der Waals surface area contributed by atoms with E-state index in [0.29, 0.717) is 17.0 Å². The van der Waals surface area contributed by atoms with Crippen molar-refractivity contribution in [1.82, 2.24) is 20.6 Å². The molecule has 2 aliphatic rings. The minimum Gasteiger partial charge on any atom is -0.467 e. The molecular weight excluding hydrogens is 340 g/mol. The fourth-order valence-corrected chi connectivity index (χ4v) is 6.05. The molecule has 1 saturated carbocycles. The molecule has 3 heterocycles. The molecule has 1 amide bonds. The smallest absolute Gasteiger partial charge is 0.276 e. The molecule has 24 heavy (non-hydrogen) atoms. The topological polar surface area (TPSA) is 79.0 Å². The van der Waals surface area contributed by atoms with E-state index in [0.717, 1.165) is 35.8 Å². The summed E-state index contributed by atoms with van der Waals surface area (Å²) in [5.74, 6) is -0.0660. The van der Waals surface area contributed by atoms with Crippen LogP contribution in [-0.4, -0.2) is 42.4 Å². The molecule has 2 fully saturated rings. The van der Waals surface area contributed by atoms with E-state index in [2.05, 4.69) is 33.7 Å². The third kappa shape index (κ3) is 3.65. The summed E-state index contributed by atoms with van der Waals surface area (Å²) >= 11 is 1.50. The van der Waals surface area contributed by atoms with Gasteiger partial charge in [-0.15, -0.1) is 0 Å². The summed E-state index contributed by atoms with van der Waals surface area (Å²) in [6, 6.07) is 3.19. The lowest BCUT2D eigenvalue weighted by atomic mass is 10.2. The number of H-pyrrole nitrogens is 1. The van der Waals surface area contributed by atoms with Gasteiger partial charge in [0.1, 0.15) is 11.8 Å². The Labute approximate surface area is 146 Å². The number of carbonyl (C=O) groups is 1. The van der Waals surface area contributed by atoms with Gasteiger partial charge in [0.05, 0.1) is 18.9 Å². The molecule has 8 heteroatoms. The number of amides is 1. The molecule has 0 bridgehead atoms. The molecule has 0 aromatic carbocycles. The van der Waals surface area contributed by atoms with Gasteiger partial charge >= 0.3 is 0 Å². The summed E-state index contributed by atoms with van der Waals surface area (Å²) in [6.45, 7) is 4.80. The second-order valence-corrected chi connectivity index (χ2v) is 13.8. The largest absolute Gasteiger partial charge is 0.467 e. The summed E-state index contributed by atoms with van der Waals surface area (Å²) in [4.78, 5) is 20.0. The highest BCUT2D eigenvalue weighted by Crippen LogP contribution is 2.33. The van der Waals surface area contributed by atoms with Crippen molar-refractivity contribution in [2.24, 2.45) is 0 Å². The molecule has 2 aromatic rings. The number of carbonyl (C=O) groups excluding carboxylic acids is 1. The predicted octanol–water partition coefficient (Wildman–Crippen LogP) is 2.85. The van der Waals surface area contributed by atoms with Crippen LogP contribution in [0.2, 0.25) is 19.1 Å². The highest BCUT2D eigenvalue weighted by atomic mass is 32.1. The second kappa shape index (κ2) is 6.16. The highest BCUT2D eigenvalue weighted by molar-refractivity contribution is 7.20. The first-order valence-corrected chi connectivity index (χ1v) is 12.9. The second-order valence-electron chi connectivity index (χ2n) is 7.66. The average molecular weight is 365 g/mol. The highest BCUT2D eigenvalue weighted by Gasteiger charge is 2.27. The van der Waals surface area contributed by atoms with Crippen molar-refractivity contribution in [3.8, 4) is 5.19 Å². The van der Waals surface area contributed by atoms with E-state index in [9.17, 15) is 4.79 Å². The van der Waals surface area contributed by atoms with Crippen LogP contribution in [0.25, 0.3) is 10.3 Å². The normalized spacial score (nSPS) is 23.8. The van der Waals surface area contributed by atoms with Gasteiger partial charge in [0.2, 0.25) is 0 Å². The van der Waals surface area contributed by atoms with Crippen LogP contribution in [0.3, 0.4) is 0 Å². The third-order valence-electron chi connectivity index (χ3n) is 4.68. The number of hydrogen-bond acceptors (Lipinski definition) is 5. The Morgan fingerprint density at radius 1 is 1.42 bits per heavy atom. The Bertz CT molecular complexity index is 721. The fraction of sp³-hybridized carbons (Fsp3) is 0.625. The van der Waals surface area contributed by atoms with Crippen LogP contribution in [0.15, 0.2) is 6.07 Å². The van der Waals surface area contributed by atoms with Crippen molar-refractivity contribution in [1.29, 1.82) is 0 Å². The van der Waals surface area contributed by atoms with E-state index >= 15 is 0 Å². The van der Waals surface area contributed by atoms with Gasteiger partial charge in [-0.2, -0.15) is 4.98 Å². The summed E-state index contributed by atoms with van der Waals surface area (Å²) in [5.41, 5.74) is 1.31. The van der Waals surface area contributed by atoms with Crippen LogP contribution >= 0.6 is 11.3 Å². The number of ether oxygens (including phenoxy) is 1. The Morgan fingerprint density at radius 2 is 2.25 bits per heavy atom. The molecule has 4 rings (SSSR count). The van der Waals surface area contributed by atoms with Crippen molar-refractivity contribution < 1.29 is 9.53 Å². The van der Waals surface area contributed by atoms with Gasteiger partial charge in [0, 0.05) is 0 Å². The standard InChI is InChI=1S/C16H24N4O2SSi/c1-24(2)7-3-4-13(17-9-24)19-15(21)11-8-12-14(18-11)20-16(23-12)22-10-5-6-10/h8,10,13,17-18H,3-7,9H2,1-2H3,(H,19,21). The van der Waals surface area contributed by atoms with Crippen LogP contribution in [0.4, 0.5) is 0 Å². The maximum absolute atomic E-state index is 12.5. The van der Waals surface area contributed by atoms with Gasteiger partial charge in [-0.05, 0) is 31.5 Å². The van der Waals surface area contributed by atoms with Crippen molar-refractivity contribution in [2.75, 3.05) is 6.17 Å². The number of nitrogens with zero attached hydrogens (tertiary/aromatic N) is 1. The first kappa shape index (κ1) is 16.1. The molecule has 1 atom stereocenters. The van der Waals surface area contributed by atoms with E-state index < -0.39 is 8.07 Å². The van der Waals surface area contributed by atoms with Gasteiger partial charge in [-0.3, -0.25) is 4.79 Å². The first-order valence-electron chi connectivity index (χ1n) is 8.69. The molecular formula is C16H24N4O2SSi. The van der Waals surface area contributed by atoms with Gasteiger partial charge in [0.25, 0.3) is 11.1 Å². The van der Waals surface area contributed by atoms with Crippen molar-refractivity contribution >= 4 is 35.7 Å². The fourth-order valence-electron chi connectivity index (χ4n) is 3.03. The van der Waals surface area contributed by atoms with Crippen molar-refractivity contribution in [3.63, 3.8) is 0 Å². The van der Waals surface area contributed by atoms with Gasteiger partial charge in [-0.1, -0.05) is 36.9 Å². The van der Waals surface area contributed by atoms with Crippen LogP contribution in [0.5, 0.6) is 5.19 Å². The van der Waals surface area contributed by atoms with Crippen LogP contribution < -0.4 is 15.4 Å². The van der Waals surface area contributed by atoms with Crippen LogP contribution in [0.1, 0.15) is 36.2 Å². The summed E-state index contributed by atoms with van der Waals surface area (Å²) in [5, 5.41) is 7.33. The van der Waals surface area contributed by atoms with Crippen LogP contribution in [-0.2, 0) is 0 Å². The molecule has 6 nitrogen and oxygen atoms in total. The van der Waals surface area contributed by atoms with E-state index in [1.807, 2.05) is 6.07 Å². The first-order chi connectivity index (χ1) is 11.5. The Hall–Kier alpha value is -1.38. The van der Waals surface area contributed by atoms with Gasteiger partial charge in [0.15, 0.2) is 5.65 Å². The molecule has 0 radical (unpaired) electrons. The zero-order chi connectivity index (χ0) is 16.7. The quantitative estimate of drug-likeness (QED) is 0.729.